The summed E-state index contributed by atoms with van der Waals surface area (Å²) in [7, 11) is 1.68. The monoisotopic (exact) mass is 398 g/mol. The van der Waals surface area contributed by atoms with Crippen LogP contribution in [0.15, 0.2) is 42.5 Å². The molecular weight excluding hydrogens is 376 g/mol. The van der Waals surface area contributed by atoms with Crippen LogP contribution >= 0.6 is 11.6 Å². The molecule has 0 aliphatic carbocycles. The van der Waals surface area contributed by atoms with Gasteiger partial charge in [-0.05, 0) is 37.3 Å². The normalized spacial score (nSPS) is 15.6. The minimum absolute atomic E-state index is 0.0912. The fourth-order valence-electron chi connectivity index (χ4n) is 3.34. The largest absolute Gasteiger partial charge is 0.495 e. The van der Waals surface area contributed by atoms with Gasteiger partial charge >= 0.3 is 0 Å². The van der Waals surface area contributed by atoms with Gasteiger partial charge in [0, 0.05) is 31.9 Å². The molecule has 28 heavy (non-hydrogen) atoms. The number of nitriles is 1. The predicted octanol–water partition coefficient (Wildman–Crippen LogP) is 3.37. The molecule has 0 aromatic heterocycles. The van der Waals surface area contributed by atoms with Crippen molar-refractivity contribution in [1.29, 1.82) is 5.26 Å². The summed E-state index contributed by atoms with van der Waals surface area (Å²) < 4.78 is 5.45. The van der Waals surface area contributed by atoms with Crippen molar-refractivity contribution in [3.8, 4) is 11.8 Å². The Morgan fingerprint density at radius 1 is 1.21 bits per heavy atom. The molecule has 6 nitrogen and oxygen atoms in total. The number of hydrogen-bond acceptors (Lipinski definition) is 5. The van der Waals surface area contributed by atoms with Gasteiger partial charge in [0.05, 0.1) is 29.4 Å². The number of carbonyl (C=O) groups excluding carboxylic acids is 1. The van der Waals surface area contributed by atoms with Crippen LogP contribution in [0.4, 0.5) is 11.4 Å². The molecule has 2 aromatic rings. The Balaban J connectivity index is 1.59. The molecule has 0 spiro atoms. The Kier molecular flexibility index (Phi) is 6.40. The molecule has 1 N–H and O–H groups in total. The Morgan fingerprint density at radius 2 is 1.93 bits per heavy atom. The number of benzene rings is 2. The molecule has 0 unspecified atom stereocenters. The summed E-state index contributed by atoms with van der Waals surface area (Å²) in [6.07, 6.45) is 0. The van der Waals surface area contributed by atoms with E-state index in [1.54, 1.807) is 25.3 Å². The van der Waals surface area contributed by atoms with E-state index in [1.807, 2.05) is 31.2 Å². The number of nitrogens with zero attached hydrogens (tertiary/aromatic N) is 3. The van der Waals surface area contributed by atoms with E-state index in [1.165, 1.54) is 0 Å². The zero-order valence-corrected chi connectivity index (χ0v) is 16.7. The Morgan fingerprint density at radius 3 is 2.57 bits per heavy atom. The van der Waals surface area contributed by atoms with Gasteiger partial charge in [0.25, 0.3) is 0 Å². The summed E-state index contributed by atoms with van der Waals surface area (Å²) in [5.41, 5.74) is 2.06. The van der Waals surface area contributed by atoms with Gasteiger partial charge in [-0.25, -0.2) is 0 Å². The van der Waals surface area contributed by atoms with Crippen molar-refractivity contribution in [2.45, 2.75) is 13.0 Å². The number of anilines is 2. The second-order valence-corrected chi connectivity index (χ2v) is 7.07. The summed E-state index contributed by atoms with van der Waals surface area (Å²) in [6.45, 7) is 5.10. The molecule has 0 saturated carbocycles. The van der Waals surface area contributed by atoms with Crippen molar-refractivity contribution in [2.24, 2.45) is 0 Å². The second-order valence-electron chi connectivity index (χ2n) is 6.67. The molecule has 1 atom stereocenters. The zero-order valence-electron chi connectivity index (χ0n) is 16.0. The lowest BCUT2D eigenvalue weighted by atomic mass is 10.1. The lowest BCUT2D eigenvalue weighted by molar-refractivity contribution is -0.120. The van der Waals surface area contributed by atoms with Crippen LogP contribution in [0.3, 0.4) is 0 Å². The van der Waals surface area contributed by atoms with E-state index >= 15 is 0 Å². The number of nitrogens with one attached hydrogen (secondary N) is 1. The van der Waals surface area contributed by atoms with E-state index < -0.39 is 0 Å². The van der Waals surface area contributed by atoms with Crippen molar-refractivity contribution in [3.63, 3.8) is 0 Å². The molecule has 1 aliphatic rings. The number of amides is 1. The Hall–Kier alpha value is -2.75. The number of carbonyl (C=O) groups is 1. The minimum Gasteiger partial charge on any atom is -0.495 e. The molecule has 146 valence electrons. The highest BCUT2D eigenvalue weighted by molar-refractivity contribution is 6.32. The van der Waals surface area contributed by atoms with Gasteiger partial charge in [-0.15, -0.1) is 0 Å². The van der Waals surface area contributed by atoms with E-state index in [9.17, 15) is 4.79 Å². The first-order valence-corrected chi connectivity index (χ1v) is 9.54. The number of halogens is 1. The average molecular weight is 399 g/mol. The second kappa shape index (κ2) is 8.96. The molecule has 1 amide bonds. The van der Waals surface area contributed by atoms with Crippen LogP contribution in [-0.4, -0.2) is 50.1 Å². The molecule has 0 bridgehead atoms. The number of para-hydroxylation sites is 2. The molecule has 1 heterocycles. The number of rotatable bonds is 5. The van der Waals surface area contributed by atoms with Crippen LogP contribution in [0.1, 0.15) is 12.5 Å². The number of ether oxygens (including phenoxy) is 1. The SMILES string of the molecule is COc1ccccc1N1CCN([C@@H](C)C(=O)Nc2ccc(C#N)c(Cl)c2)CC1. The standard InChI is InChI=1S/C21H23ClN4O2/c1-15(21(27)24-17-8-7-16(14-23)18(22)13-17)25-9-11-26(12-10-25)19-5-3-4-6-20(19)28-2/h3-8,13,15H,9-12H2,1-2H3,(H,24,27)/t15-/m0/s1. The summed E-state index contributed by atoms with van der Waals surface area (Å²) in [6, 6.07) is 14.6. The Bertz CT molecular complexity index is 888. The molecule has 3 rings (SSSR count). The fourth-order valence-corrected chi connectivity index (χ4v) is 3.56. The van der Waals surface area contributed by atoms with Gasteiger partial charge in [0.2, 0.25) is 5.91 Å². The van der Waals surface area contributed by atoms with Crippen molar-refractivity contribution >= 4 is 28.9 Å². The Labute approximate surface area is 170 Å². The number of methoxy groups -OCH3 is 1. The highest BCUT2D eigenvalue weighted by atomic mass is 35.5. The van der Waals surface area contributed by atoms with E-state index in [0.29, 0.717) is 16.3 Å². The van der Waals surface area contributed by atoms with Crippen LogP contribution in [0.5, 0.6) is 5.75 Å². The van der Waals surface area contributed by atoms with Gasteiger partial charge in [-0.2, -0.15) is 5.26 Å². The molecule has 2 aromatic carbocycles. The zero-order chi connectivity index (χ0) is 20.1. The topological polar surface area (TPSA) is 68.6 Å². The fraction of sp³-hybridized carbons (Fsp3) is 0.333. The van der Waals surface area contributed by atoms with Crippen LogP contribution in [-0.2, 0) is 4.79 Å². The third-order valence-corrected chi connectivity index (χ3v) is 5.34. The van der Waals surface area contributed by atoms with Gasteiger partial charge in [-0.1, -0.05) is 23.7 Å². The van der Waals surface area contributed by atoms with Crippen molar-refractivity contribution in [3.05, 3.63) is 53.1 Å². The maximum atomic E-state index is 12.6. The van der Waals surface area contributed by atoms with E-state index in [2.05, 4.69) is 21.2 Å². The highest BCUT2D eigenvalue weighted by Crippen LogP contribution is 2.28. The summed E-state index contributed by atoms with van der Waals surface area (Å²) in [5.74, 6) is 0.769. The maximum Gasteiger partial charge on any atom is 0.241 e. The summed E-state index contributed by atoms with van der Waals surface area (Å²) >= 11 is 6.04. The predicted molar refractivity (Wildman–Crippen MR) is 111 cm³/mol. The number of hydrogen-bond donors (Lipinski definition) is 1. The van der Waals surface area contributed by atoms with Gasteiger partial charge in [-0.3, -0.25) is 9.69 Å². The lowest BCUT2D eigenvalue weighted by Gasteiger charge is -2.38. The minimum atomic E-state index is -0.269. The van der Waals surface area contributed by atoms with Crippen molar-refractivity contribution in [1.82, 2.24) is 4.90 Å². The maximum absolute atomic E-state index is 12.6. The smallest absolute Gasteiger partial charge is 0.241 e. The highest BCUT2D eigenvalue weighted by Gasteiger charge is 2.26. The van der Waals surface area contributed by atoms with Gasteiger partial charge in [0.1, 0.15) is 11.8 Å². The van der Waals surface area contributed by atoms with Crippen LogP contribution < -0.4 is 15.0 Å². The van der Waals surface area contributed by atoms with Crippen LogP contribution in [0.2, 0.25) is 5.02 Å². The number of piperazine rings is 1. The van der Waals surface area contributed by atoms with Gasteiger partial charge < -0.3 is 15.0 Å². The van der Waals surface area contributed by atoms with Crippen LogP contribution in [0, 0.1) is 11.3 Å². The van der Waals surface area contributed by atoms with Crippen molar-refractivity contribution < 1.29 is 9.53 Å². The molecule has 7 heteroatoms. The molecule has 1 aliphatic heterocycles. The quantitative estimate of drug-likeness (QED) is 0.836. The summed E-state index contributed by atoms with van der Waals surface area (Å²) in [4.78, 5) is 17.1. The summed E-state index contributed by atoms with van der Waals surface area (Å²) in [5, 5.41) is 12.2. The third-order valence-electron chi connectivity index (χ3n) is 5.02. The molecule has 1 fully saturated rings. The molecular formula is C21H23ClN4O2. The van der Waals surface area contributed by atoms with E-state index in [4.69, 9.17) is 21.6 Å². The van der Waals surface area contributed by atoms with E-state index in [-0.39, 0.29) is 11.9 Å². The average Bonchev–Trinajstić information content (AvgIpc) is 2.73. The third kappa shape index (κ3) is 4.38. The van der Waals surface area contributed by atoms with Gasteiger partial charge in [0.15, 0.2) is 0 Å². The van der Waals surface area contributed by atoms with Crippen molar-refractivity contribution in [2.75, 3.05) is 43.5 Å². The first kappa shape index (κ1) is 20.0. The first-order valence-electron chi connectivity index (χ1n) is 9.16. The molecule has 1 saturated heterocycles. The molecule has 0 radical (unpaired) electrons. The van der Waals surface area contributed by atoms with Crippen LogP contribution in [0.25, 0.3) is 0 Å². The first-order chi connectivity index (χ1) is 13.5. The lowest BCUT2D eigenvalue weighted by Crippen LogP contribution is -2.52. The van der Waals surface area contributed by atoms with E-state index in [0.717, 1.165) is 37.6 Å².